The largest absolute Gasteiger partial charge is 0.494 e. The summed E-state index contributed by atoms with van der Waals surface area (Å²) < 4.78 is 48.6. The minimum Gasteiger partial charge on any atom is -0.494 e. The van der Waals surface area contributed by atoms with Gasteiger partial charge in [-0.3, -0.25) is 9.36 Å². The molecule has 0 aliphatic rings. The summed E-state index contributed by atoms with van der Waals surface area (Å²) in [5.74, 6) is 0.918. The standard InChI is InChI=1S/C35H33F3N4O3/c1-3-31(32-39-29-16-10-8-14-27(29)33(43)42(32)25-18-20-26(21-19-25)45-4-2)41(23-22-24-12-6-5-7-13-24)34(44)40-30-17-11-9-15-28(30)35(36,37)38/h5-21,31H,3-4,22-23H2,1-2H3,(H,40,44). The molecule has 0 saturated carbocycles. The van der Waals surface area contributed by atoms with E-state index in [2.05, 4.69) is 5.32 Å². The Balaban J connectivity index is 1.64. The highest BCUT2D eigenvalue weighted by atomic mass is 19.4. The van der Waals surface area contributed by atoms with Crippen molar-refractivity contribution in [2.75, 3.05) is 18.5 Å². The Kier molecular flexibility index (Phi) is 9.51. The molecule has 5 rings (SSSR count). The van der Waals surface area contributed by atoms with E-state index in [0.29, 0.717) is 41.8 Å². The molecule has 7 nitrogen and oxygen atoms in total. The van der Waals surface area contributed by atoms with Crippen LogP contribution in [0.15, 0.2) is 108 Å². The van der Waals surface area contributed by atoms with Crippen molar-refractivity contribution in [1.29, 1.82) is 0 Å². The molecule has 0 radical (unpaired) electrons. The number of aromatic nitrogens is 2. The van der Waals surface area contributed by atoms with Gasteiger partial charge in [0.2, 0.25) is 0 Å². The van der Waals surface area contributed by atoms with E-state index in [9.17, 15) is 22.8 Å². The molecule has 10 heteroatoms. The van der Waals surface area contributed by atoms with Crippen LogP contribution in [0.2, 0.25) is 0 Å². The summed E-state index contributed by atoms with van der Waals surface area (Å²) in [4.78, 5) is 34.4. The molecule has 1 N–H and O–H groups in total. The Labute approximate surface area is 258 Å². The Morgan fingerprint density at radius 2 is 1.58 bits per heavy atom. The van der Waals surface area contributed by atoms with E-state index in [-0.39, 0.29) is 23.6 Å². The molecule has 0 aliphatic carbocycles. The van der Waals surface area contributed by atoms with Gasteiger partial charge in [-0.05, 0) is 73.9 Å². The van der Waals surface area contributed by atoms with Gasteiger partial charge in [0.15, 0.2) is 0 Å². The van der Waals surface area contributed by atoms with Crippen molar-refractivity contribution in [2.45, 2.75) is 38.9 Å². The number of ether oxygens (including phenoxy) is 1. The third-order valence-corrected chi connectivity index (χ3v) is 7.49. The summed E-state index contributed by atoms with van der Waals surface area (Å²) in [5.41, 5.74) is 0.264. The molecule has 0 aliphatic heterocycles. The molecule has 1 aromatic heterocycles. The lowest BCUT2D eigenvalue weighted by atomic mass is 10.1. The Morgan fingerprint density at radius 1 is 0.911 bits per heavy atom. The topological polar surface area (TPSA) is 76.5 Å². The maximum absolute atomic E-state index is 14.0. The second-order valence-electron chi connectivity index (χ2n) is 10.4. The summed E-state index contributed by atoms with van der Waals surface area (Å²) in [6, 6.07) is 26.7. The van der Waals surface area contributed by atoms with Crippen molar-refractivity contribution in [3.05, 3.63) is 130 Å². The van der Waals surface area contributed by atoms with Crippen LogP contribution in [0.1, 0.15) is 43.3 Å². The number of anilines is 1. The van der Waals surface area contributed by atoms with E-state index in [1.807, 2.05) is 44.2 Å². The average molecular weight is 615 g/mol. The molecule has 0 spiro atoms. The molecule has 2 amide bonds. The molecule has 45 heavy (non-hydrogen) atoms. The maximum Gasteiger partial charge on any atom is 0.418 e. The lowest BCUT2D eigenvalue weighted by Gasteiger charge is -2.33. The van der Waals surface area contributed by atoms with Gasteiger partial charge < -0.3 is 15.0 Å². The zero-order chi connectivity index (χ0) is 32.0. The number of alkyl halides is 3. The smallest absolute Gasteiger partial charge is 0.418 e. The number of halogens is 3. The Morgan fingerprint density at radius 3 is 2.27 bits per heavy atom. The SMILES string of the molecule is CCOc1ccc(-n2c(C(CC)N(CCc3ccccc3)C(=O)Nc3ccccc3C(F)(F)F)nc3ccccc3c2=O)cc1. The molecule has 1 unspecified atom stereocenters. The summed E-state index contributed by atoms with van der Waals surface area (Å²) in [7, 11) is 0. The minimum absolute atomic E-state index is 0.147. The molecular weight excluding hydrogens is 581 g/mol. The molecule has 1 atom stereocenters. The number of para-hydroxylation sites is 2. The quantitative estimate of drug-likeness (QED) is 0.173. The van der Waals surface area contributed by atoms with Crippen LogP contribution in [0.3, 0.4) is 0 Å². The highest BCUT2D eigenvalue weighted by molar-refractivity contribution is 5.90. The van der Waals surface area contributed by atoms with E-state index in [1.165, 1.54) is 27.7 Å². The zero-order valence-electron chi connectivity index (χ0n) is 24.9. The van der Waals surface area contributed by atoms with Gasteiger partial charge in [0.05, 0.1) is 40.5 Å². The number of urea groups is 1. The first-order valence-electron chi connectivity index (χ1n) is 14.7. The molecule has 1 heterocycles. The van der Waals surface area contributed by atoms with Crippen LogP contribution in [-0.2, 0) is 12.6 Å². The van der Waals surface area contributed by atoms with Crippen LogP contribution >= 0.6 is 0 Å². The number of carbonyl (C=O) groups is 1. The molecule has 0 saturated heterocycles. The first-order valence-corrected chi connectivity index (χ1v) is 14.7. The van der Waals surface area contributed by atoms with Crippen LogP contribution in [0, 0.1) is 0 Å². The van der Waals surface area contributed by atoms with Gasteiger partial charge in [0.25, 0.3) is 5.56 Å². The van der Waals surface area contributed by atoms with E-state index >= 15 is 0 Å². The van der Waals surface area contributed by atoms with E-state index < -0.39 is 23.8 Å². The molecule has 5 aromatic rings. The Hall–Kier alpha value is -5.12. The Bertz CT molecular complexity index is 1820. The number of fused-ring (bicyclic) bond motifs is 1. The number of nitrogens with one attached hydrogen (secondary N) is 1. The fourth-order valence-electron chi connectivity index (χ4n) is 5.34. The van der Waals surface area contributed by atoms with Gasteiger partial charge in [-0.15, -0.1) is 0 Å². The number of benzene rings is 4. The van der Waals surface area contributed by atoms with Gasteiger partial charge >= 0.3 is 12.2 Å². The summed E-state index contributed by atoms with van der Waals surface area (Å²) >= 11 is 0. The van der Waals surface area contributed by atoms with E-state index in [0.717, 1.165) is 11.6 Å². The van der Waals surface area contributed by atoms with Crippen molar-refractivity contribution < 1.29 is 22.7 Å². The van der Waals surface area contributed by atoms with Gasteiger partial charge in [-0.25, -0.2) is 9.78 Å². The van der Waals surface area contributed by atoms with Crippen LogP contribution in [-0.4, -0.2) is 33.6 Å². The molecular formula is C35H33F3N4O3. The second kappa shape index (κ2) is 13.7. The lowest BCUT2D eigenvalue weighted by molar-refractivity contribution is -0.136. The van der Waals surface area contributed by atoms with Crippen LogP contribution in [0.5, 0.6) is 5.75 Å². The second-order valence-corrected chi connectivity index (χ2v) is 10.4. The maximum atomic E-state index is 14.0. The average Bonchev–Trinajstić information content (AvgIpc) is 3.04. The first-order chi connectivity index (χ1) is 21.7. The fraction of sp³-hybridized carbons (Fsp3) is 0.229. The third kappa shape index (κ3) is 7.01. The molecule has 0 bridgehead atoms. The molecule has 232 valence electrons. The zero-order valence-corrected chi connectivity index (χ0v) is 24.9. The highest BCUT2D eigenvalue weighted by Gasteiger charge is 2.35. The van der Waals surface area contributed by atoms with E-state index in [4.69, 9.17) is 9.72 Å². The summed E-state index contributed by atoms with van der Waals surface area (Å²) in [5, 5.41) is 2.90. The van der Waals surface area contributed by atoms with Crippen molar-refractivity contribution in [2.24, 2.45) is 0 Å². The first kappa shape index (κ1) is 31.3. The van der Waals surface area contributed by atoms with Gasteiger partial charge in [0, 0.05) is 6.54 Å². The number of rotatable bonds is 10. The minimum atomic E-state index is -4.67. The van der Waals surface area contributed by atoms with Crippen LogP contribution < -0.4 is 15.6 Å². The monoisotopic (exact) mass is 614 g/mol. The number of hydrogen-bond donors (Lipinski definition) is 1. The number of carbonyl (C=O) groups excluding carboxylic acids is 1. The van der Waals surface area contributed by atoms with Crippen LogP contribution in [0.4, 0.5) is 23.7 Å². The van der Waals surface area contributed by atoms with E-state index in [1.54, 1.807) is 48.5 Å². The predicted molar refractivity (Wildman–Crippen MR) is 169 cm³/mol. The van der Waals surface area contributed by atoms with Gasteiger partial charge in [-0.1, -0.05) is 61.5 Å². The van der Waals surface area contributed by atoms with Crippen molar-refractivity contribution in [3.8, 4) is 11.4 Å². The van der Waals surface area contributed by atoms with Gasteiger partial charge in [-0.2, -0.15) is 13.2 Å². The van der Waals surface area contributed by atoms with Crippen LogP contribution in [0.25, 0.3) is 16.6 Å². The number of hydrogen-bond acceptors (Lipinski definition) is 4. The van der Waals surface area contributed by atoms with Crippen molar-refractivity contribution in [1.82, 2.24) is 14.5 Å². The molecule has 4 aromatic carbocycles. The highest BCUT2D eigenvalue weighted by Crippen LogP contribution is 2.35. The number of amides is 2. The summed E-state index contributed by atoms with van der Waals surface area (Å²) in [6.45, 7) is 4.34. The molecule has 0 fully saturated rings. The third-order valence-electron chi connectivity index (χ3n) is 7.49. The normalized spacial score (nSPS) is 12.1. The lowest BCUT2D eigenvalue weighted by Crippen LogP contribution is -2.42. The number of nitrogens with zero attached hydrogens (tertiary/aromatic N) is 3. The predicted octanol–water partition coefficient (Wildman–Crippen LogP) is 8.03. The fourth-order valence-corrected chi connectivity index (χ4v) is 5.34. The van der Waals surface area contributed by atoms with Crippen molar-refractivity contribution in [3.63, 3.8) is 0 Å². The summed E-state index contributed by atoms with van der Waals surface area (Å²) in [6.07, 6.45) is -3.92. The van der Waals surface area contributed by atoms with Crippen molar-refractivity contribution >= 4 is 22.6 Å². The van der Waals surface area contributed by atoms with Gasteiger partial charge in [0.1, 0.15) is 11.6 Å².